The van der Waals surface area contributed by atoms with Gasteiger partial charge in [-0.25, -0.2) is 4.98 Å². The highest BCUT2D eigenvalue weighted by atomic mass is 15.1. The van der Waals surface area contributed by atoms with Crippen LogP contribution in [0.3, 0.4) is 0 Å². The van der Waals surface area contributed by atoms with Gasteiger partial charge in [-0.15, -0.1) is 0 Å². The van der Waals surface area contributed by atoms with Crippen LogP contribution in [-0.2, 0) is 0 Å². The van der Waals surface area contributed by atoms with Crippen molar-refractivity contribution in [3.63, 3.8) is 0 Å². The van der Waals surface area contributed by atoms with Gasteiger partial charge < -0.3 is 5.73 Å². The van der Waals surface area contributed by atoms with Gasteiger partial charge in [0, 0.05) is 6.20 Å². The van der Waals surface area contributed by atoms with Crippen molar-refractivity contribution in [2.24, 2.45) is 5.73 Å². The van der Waals surface area contributed by atoms with Gasteiger partial charge in [-0.3, -0.25) is 15.0 Å². The highest BCUT2D eigenvalue weighted by Gasteiger charge is 2.12. The van der Waals surface area contributed by atoms with Crippen LogP contribution in [0.2, 0.25) is 0 Å². The summed E-state index contributed by atoms with van der Waals surface area (Å²) in [7, 11) is 0. The van der Waals surface area contributed by atoms with E-state index in [0.29, 0.717) is 5.69 Å². The Morgan fingerprint density at radius 2 is 1.95 bits per heavy atom. The Bertz CT molecular complexity index is 816. The molecule has 0 saturated heterocycles. The fourth-order valence-corrected chi connectivity index (χ4v) is 2.25. The summed E-state index contributed by atoms with van der Waals surface area (Å²) in [6.07, 6.45) is 3.38. The number of aromatic nitrogens is 3. The lowest BCUT2D eigenvalue weighted by Gasteiger charge is -2.09. The molecule has 0 saturated carbocycles. The first-order valence-electron chi connectivity index (χ1n) is 6.32. The third-order valence-electron chi connectivity index (χ3n) is 3.46. The molecule has 5 heteroatoms. The second-order valence-electron chi connectivity index (χ2n) is 4.82. The van der Waals surface area contributed by atoms with Crippen LogP contribution in [0.1, 0.15) is 16.8 Å². The van der Waals surface area contributed by atoms with Crippen LogP contribution in [0.5, 0.6) is 0 Å². The third kappa shape index (κ3) is 1.84. The molecule has 3 aromatic rings. The van der Waals surface area contributed by atoms with E-state index in [9.17, 15) is 0 Å². The van der Waals surface area contributed by atoms with Gasteiger partial charge in [0.15, 0.2) is 0 Å². The van der Waals surface area contributed by atoms with Crippen LogP contribution >= 0.6 is 0 Å². The standard InChI is InChI=1S/C15H15N5/c1-9-6-11-13(7-10(9)2)20(8-19-11)12-4-3-5-18-14(12)15(16)17/h3-8H,1-2H3,(H3,16,17). The lowest BCUT2D eigenvalue weighted by molar-refractivity contribution is 1.06. The molecule has 3 N–H and O–H groups in total. The quantitative estimate of drug-likeness (QED) is 0.551. The molecule has 0 unspecified atom stereocenters. The number of aryl methyl sites for hydroxylation is 2. The Morgan fingerprint density at radius 3 is 2.70 bits per heavy atom. The lowest BCUT2D eigenvalue weighted by atomic mass is 10.1. The van der Waals surface area contributed by atoms with E-state index in [1.807, 2.05) is 16.7 Å². The Labute approximate surface area is 116 Å². The van der Waals surface area contributed by atoms with Crippen LogP contribution < -0.4 is 5.73 Å². The number of nitrogen functional groups attached to an aromatic ring is 1. The first-order valence-corrected chi connectivity index (χ1v) is 6.32. The predicted molar refractivity (Wildman–Crippen MR) is 79.4 cm³/mol. The van der Waals surface area contributed by atoms with Crippen molar-refractivity contribution in [2.45, 2.75) is 13.8 Å². The summed E-state index contributed by atoms with van der Waals surface area (Å²) in [4.78, 5) is 8.60. The smallest absolute Gasteiger partial charge is 0.143 e. The summed E-state index contributed by atoms with van der Waals surface area (Å²) in [5, 5.41) is 7.64. The number of hydrogen-bond acceptors (Lipinski definition) is 3. The van der Waals surface area contributed by atoms with Gasteiger partial charge in [0.05, 0.1) is 16.7 Å². The molecule has 0 fully saturated rings. The van der Waals surface area contributed by atoms with Gasteiger partial charge >= 0.3 is 0 Å². The molecule has 2 aromatic heterocycles. The van der Waals surface area contributed by atoms with Crippen molar-refractivity contribution in [3.05, 3.63) is 53.6 Å². The second-order valence-corrected chi connectivity index (χ2v) is 4.82. The van der Waals surface area contributed by atoms with Crippen molar-refractivity contribution in [3.8, 4) is 5.69 Å². The Hall–Kier alpha value is -2.69. The summed E-state index contributed by atoms with van der Waals surface area (Å²) < 4.78 is 1.92. The number of nitrogens with one attached hydrogen (secondary N) is 1. The minimum atomic E-state index is -0.0497. The largest absolute Gasteiger partial charge is 0.382 e. The van der Waals surface area contributed by atoms with Crippen LogP contribution in [0, 0.1) is 19.3 Å². The topological polar surface area (TPSA) is 80.6 Å². The van der Waals surface area contributed by atoms with Crippen LogP contribution in [0.25, 0.3) is 16.7 Å². The molecule has 1 aromatic carbocycles. The van der Waals surface area contributed by atoms with Gasteiger partial charge in [-0.1, -0.05) is 0 Å². The monoisotopic (exact) mass is 265 g/mol. The summed E-state index contributed by atoms with van der Waals surface area (Å²) >= 11 is 0. The number of rotatable bonds is 2. The van der Waals surface area contributed by atoms with E-state index in [0.717, 1.165) is 16.7 Å². The molecule has 0 atom stereocenters. The molecule has 3 rings (SSSR count). The van der Waals surface area contributed by atoms with Crippen LogP contribution in [-0.4, -0.2) is 20.4 Å². The zero-order valence-corrected chi connectivity index (χ0v) is 11.4. The molecule has 20 heavy (non-hydrogen) atoms. The van der Waals surface area contributed by atoms with Crippen molar-refractivity contribution < 1.29 is 0 Å². The molecule has 0 spiro atoms. The number of nitrogens with two attached hydrogens (primary N) is 1. The molecule has 0 amide bonds. The molecule has 0 aliphatic carbocycles. The summed E-state index contributed by atoms with van der Waals surface area (Å²) in [5.41, 5.74) is 11.2. The molecular weight excluding hydrogens is 250 g/mol. The number of hydrogen-bond donors (Lipinski definition) is 2. The zero-order chi connectivity index (χ0) is 14.3. The Kier molecular flexibility index (Phi) is 2.75. The number of amidine groups is 1. The Morgan fingerprint density at radius 1 is 1.20 bits per heavy atom. The molecular formula is C15H15N5. The molecule has 5 nitrogen and oxygen atoms in total. The van der Waals surface area contributed by atoms with Crippen molar-refractivity contribution in [1.82, 2.24) is 14.5 Å². The first kappa shape index (κ1) is 12.3. The minimum absolute atomic E-state index is 0.0497. The van der Waals surface area contributed by atoms with E-state index < -0.39 is 0 Å². The van der Waals surface area contributed by atoms with E-state index >= 15 is 0 Å². The molecule has 100 valence electrons. The van der Waals surface area contributed by atoms with E-state index in [-0.39, 0.29) is 5.84 Å². The van der Waals surface area contributed by atoms with Crippen LogP contribution in [0.15, 0.2) is 36.8 Å². The van der Waals surface area contributed by atoms with E-state index in [1.165, 1.54) is 11.1 Å². The first-order chi connectivity index (χ1) is 9.58. The summed E-state index contributed by atoms with van der Waals surface area (Å²) in [6, 6.07) is 7.87. The van der Waals surface area contributed by atoms with Gasteiger partial charge in [0.1, 0.15) is 17.9 Å². The second kappa shape index (κ2) is 4.45. The maximum Gasteiger partial charge on any atom is 0.143 e. The van der Waals surface area contributed by atoms with Gasteiger partial charge in [-0.05, 0) is 49.2 Å². The fraction of sp³-hybridized carbons (Fsp3) is 0.133. The Balaban J connectivity index is 2.31. The number of fused-ring (bicyclic) bond motifs is 1. The minimum Gasteiger partial charge on any atom is -0.382 e. The fourth-order valence-electron chi connectivity index (χ4n) is 2.25. The molecule has 2 heterocycles. The lowest BCUT2D eigenvalue weighted by Crippen LogP contribution is -2.16. The maximum atomic E-state index is 7.64. The average Bonchev–Trinajstić information content (AvgIpc) is 2.82. The van der Waals surface area contributed by atoms with Crippen molar-refractivity contribution >= 4 is 16.9 Å². The number of imidazole rings is 1. The highest BCUT2D eigenvalue weighted by Crippen LogP contribution is 2.22. The van der Waals surface area contributed by atoms with Crippen molar-refractivity contribution in [2.75, 3.05) is 0 Å². The average molecular weight is 265 g/mol. The predicted octanol–water partition coefficient (Wildman–Crippen LogP) is 2.32. The van der Waals surface area contributed by atoms with E-state index in [1.54, 1.807) is 12.5 Å². The van der Waals surface area contributed by atoms with Gasteiger partial charge in [-0.2, -0.15) is 0 Å². The summed E-state index contributed by atoms with van der Waals surface area (Å²) in [5.74, 6) is -0.0497. The zero-order valence-electron chi connectivity index (χ0n) is 11.4. The number of benzene rings is 1. The van der Waals surface area contributed by atoms with E-state index in [2.05, 4.69) is 35.9 Å². The molecule has 0 aliphatic heterocycles. The van der Waals surface area contributed by atoms with E-state index in [4.69, 9.17) is 11.1 Å². The summed E-state index contributed by atoms with van der Waals surface area (Å²) in [6.45, 7) is 4.14. The molecule has 0 aliphatic rings. The third-order valence-corrected chi connectivity index (χ3v) is 3.46. The molecule has 0 radical (unpaired) electrons. The highest BCUT2D eigenvalue weighted by molar-refractivity contribution is 5.97. The number of nitrogens with zero attached hydrogens (tertiary/aromatic N) is 3. The van der Waals surface area contributed by atoms with Crippen molar-refractivity contribution in [1.29, 1.82) is 5.41 Å². The maximum absolute atomic E-state index is 7.64. The SMILES string of the molecule is Cc1cc2ncn(-c3cccnc3C(=N)N)c2cc1C. The van der Waals surface area contributed by atoms with Crippen LogP contribution in [0.4, 0.5) is 0 Å². The van der Waals surface area contributed by atoms with Gasteiger partial charge in [0.25, 0.3) is 0 Å². The normalized spacial score (nSPS) is 10.9. The molecule has 0 bridgehead atoms. The number of pyridine rings is 1. The van der Waals surface area contributed by atoms with Gasteiger partial charge in [0.2, 0.25) is 0 Å².